The predicted molar refractivity (Wildman–Crippen MR) is 64.3 cm³/mol. The van der Waals surface area contributed by atoms with Crippen LogP contribution in [0.15, 0.2) is 30.3 Å². The van der Waals surface area contributed by atoms with Crippen molar-refractivity contribution in [1.82, 2.24) is 5.31 Å². The molecule has 0 saturated carbocycles. The Balaban J connectivity index is 2.55. The molecule has 0 bridgehead atoms. The van der Waals surface area contributed by atoms with Crippen LogP contribution in [0.4, 0.5) is 0 Å². The molecule has 1 N–H and O–H groups in total. The fourth-order valence-electron chi connectivity index (χ4n) is 1.37. The molecule has 0 aliphatic rings. The zero-order valence-corrected chi connectivity index (χ0v) is 9.76. The third-order valence-electron chi connectivity index (χ3n) is 2.15. The zero-order chi connectivity index (χ0) is 13.4. The average molecular weight is 235 g/mol. The summed E-state index contributed by atoms with van der Waals surface area (Å²) in [6, 6.07) is 8.55. The number of ether oxygens (including phenoxy) is 1. The molecule has 0 aromatic heterocycles. The van der Waals surface area contributed by atoms with Crippen molar-refractivity contribution in [2.75, 3.05) is 13.2 Å². The summed E-state index contributed by atoms with van der Waals surface area (Å²) in [5.74, 6) is -0.513. The summed E-state index contributed by atoms with van der Waals surface area (Å²) < 4.78 is 12.4. The van der Waals surface area contributed by atoms with Crippen molar-refractivity contribution in [3.8, 4) is 0 Å². The Morgan fingerprint density at radius 3 is 2.82 bits per heavy atom. The van der Waals surface area contributed by atoms with Gasteiger partial charge in [0.2, 0.25) is 6.29 Å². The molecule has 1 aromatic carbocycles. The number of carbonyl (C=O) groups excluding carboxylic acids is 2. The summed E-state index contributed by atoms with van der Waals surface area (Å²) in [5.41, 5.74) is 0.923. The molecule has 17 heavy (non-hydrogen) atoms. The van der Waals surface area contributed by atoms with Crippen LogP contribution in [0.3, 0.4) is 0 Å². The van der Waals surface area contributed by atoms with Crippen LogP contribution in [-0.2, 0) is 20.7 Å². The minimum atomic E-state index is -0.767. The molecule has 1 atom stereocenters. The summed E-state index contributed by atoms with van der Waals surface area (Å²) in [6.07, 6.45) is 2.13. The van der Waals surface area contributed by atoms with E-state index in [9.17, 15) is 9.59 Å². The first kappa shape index (κ1) is 11.8. The first-order valence-electron chi connectivity index (χ1n) is 5.94. The SMILES string of the molecule is [2H]N(CC(=O)OCC)[C@H]([C]=O)Cc1ccccc1. The molecule has 4 heteroatoms. The Morgan fingerprint density at radius 1 is 1.53 bits per heavy atom. The number of esters is 1. The Bertz CT molecular complexity index is 383. The largest absolute Gasteiger partial charge is 0.465 e. The van der Waals surface area contributed by atoms with Crippen molar-refractivity contribution in [2.45, 2.75) is 19.4 Å². The standard InChI is InChI=1S/C13H16NO3/c1-2-17-13(16)9-14-12(10-15)8-11-6-4-3-5-7-11/h3-7,12,14H,2,8-9H2,1H3/t12-/m0/s1/i/hD. The number of benzene rings is 1. The molecule has 0 heterocycles. The minimum absolute atomic E-state index is 0.236. The Hall–Kier alpha value is -1.68. The highest BCUT2D eigenvalue weighted by atomic mass is 16.5. The molecule has 0 spiro atoms. The molecule has 4 nitrogen and oxygen atoms in total. The number of rotatable bonds is 7. The number of hydrogen-bond donors (Lipinski definition) is 1. The molecule has 91 valence electrons. The fraction of sp³-hybridized carbons (Fsp3) is 0.385. The first-order valence-corrected chi connectivity index (χ1v) is 5.50. The lowest BCUT2D eigenvalue weighted by Gasteiger charge is -2.11. The van der Waals surface area contributed by atoms with Crippen molar-refractivity contribution >= 4 is 12.3 Å². The molecule has 0 aliphatic heterocycles. The lowest BCUT2D eigenvalue weighted by molar-refractivity contribution is -0.142. The van der Waals surface area contributed by atoms with Crippen molar-refractivity contribution in [3.05, 3.63) is 35.9 Å². The molecule has 0 aliphatic carbocycles. The van der Waals surface area contributed by atoms with E-state index in [4.69, 9.17) is 6.15 Å². The van der Waals surface area contributed by atoms with Crippen LogP contribution in [0.1, 0.15) is 12.5 Å². The lowest BCUT2D eigenvalue weighted by Crippen LogP contribution is -2.37. The Morgan fingerprint density at radius 2 is 2.24 bits per heavy atom. The van der Waals surface area contributed by atoms with Gasteiger partial charge in [-0.15, -0.1) is 0 Å². The van der Waals surface area contributed by atoms with Gasteiger partial charge in [0, 0.05) is 0 Å². The first-order chi connectivity index (χ1) is 8.67. The van der Waals surface area contributed by atoms with Gasteiger partial charge in [-0.05, 0) is 18.9 Å². The summed E-state index contributed by atoms with van der Waals surface area (Å²) in [7, 11) is 0. The minimum Gasteiger partial charge on any atom is -0.465 e. The van der Waals surface area contributed by atoms with Gasteiger partial charge in [0.1, 0.15) is 1.41 Å². The molecule has 1 aromatic rings. The monoisotopic (exact) mass is 235 g/mol. The molecule has 1 radical (unpaired) electrons. The summed E-state index contributed by atoms with van der Waals surface area (Å²) in [6.45, 7) is 1.72. The van der Waals surface area contributed by atoms with Crippen molar-refractivity contribution in [1.29, 1.82) is 0 Å². The van der Waals surface area contributed by atoms with Crippen LogP contribution in [0.5, 0.6) is 0 Å². The van der Waals surface area contributed by atoms with Crippen molar-refractivity contribution in [2.24, 2.45) is 0 Å². The summed E-state index contributed by atoms with van der Waals surface area (Å²) in [5, 5.41) is 0.901. The third kappa shape index (κ3) is 5.26. The van der Waals surface area contributed by atoms with E-state index in [2.05, 4.69) is 0 Å². The van der Waals surface area contributed by atoms with Gasteiger partial charge in [0.15, 0.2) is 0 Å². The highest BCUT2D eigenvalue weighted by Gasteiger charge is 2.11. The fourth-order valence-corrected chi connectivity index (χ4v) is 1.37. The molecular formula is C13H16NO3. The molecule has 0 saturated heterocycles. The summed E-state index contributed by atoms with van der Waals surface area (Å²) >= 11 is 0. The van der Waals surface area contributed by atoms with Gasteiger partial charge in [-0.2, -0.15) is 0 Å². The molecule has 0 amide bonds. The normalized spacial score (nSPS) is 12.9. The van der Waals surface area contributed by atoms with Gasteiger partial charge >= 0.3 is 5.97 Å². The van der Waals surface area contributed by atoms with Crippen LogP contribution in [0.2, 0.25) is 1.41 Å². The van der Waals surface area contributed by atoms with Crippen LogP contribution < -0.4 is 5.31 Å². The summed E-state index contributed by atoms with van der Waals surface area (Å²) in [4.78, 5) is 22.1. The molecule has 0 fully saturated rings. The van der Waals surface area contributed by atoms with Crippen LogP contribution in [0.25, 0.3) is 0 Å². The smallest absolute Gasteiger partial charge is 0.319 e. The van der Waals surface area contributed by atoms with Gasteiger partial charge in [0.25, 0.3) is 0 Å². The van der Waals surface area contributed by atoms with Gasteiger partial charge in [0.05, 0.1) is 19.2 Å². The second kappa shape index (κ2) is 7.57. The Labute approximate surface area is 102 Å². The maximum Gasteiger partial charge on any atom is 0.319 e. The van der Waals surface area contributed by atoms with E-state index in [1.54, 1.807) is 13.2 Å². The van der Waals surface area contributed by atoms with E-state index in [-0.39, 0.29) is 13.2 Å². The quantitative estimate of drug-likeness (QED) is 0.712. The topological polar surface area (TPSA) is 55.4 Å². The second-order valence-electron chi connectivity index (χ2n) is 3.47. The van der Waals surface area contributed by atoms with E-state index in [0.29, 0.717) is 6.42 Å². The van der Waals surface area contributed by atoms with Gasteiger partial charge < -0.3 is 4.74 Å². The molecule has 1 rings (SSSR count). The highest BCUT2D eigenvalue weighted by Crippen LogP contribution is 2.01. The molecular weight excluding hydrogens is 218 g/mol. The number of hydrogen-bond acceptors (Lipinski definition) is 4. The maximum atomic E-state index is 11.2. The second-order valence-corrected chi connectivity index (χ2v) is 3.47. The van der Waals surface area contributed by atoms with Gasteiger partial charge in [-0.3, -0.25) is 14.9 Å². The van der Waals surface area contributed by atoms with E-state index in [1.165, 1.54) is 0 Å². The van der Waals surface area contributed by atoms with Crippen molar-refractivity contribution in [3.63, 3.8) is 0 Å². The highest BCUT2D eigenvalue weighted by molar-refractivity contribution is 5.72. The maximum absolute atomic E-state index is 11.2. The van der Waals surface area contributed by atoms with E-state index in [1.807, 2.05) is 30.3 Å². The Kier molecular flexibility index (Phi) is 5.25. The number of carbonyl (C=O) groups is 1. The van der Waals surface area contributed by atoms with Crippen LogP contribution in [-0.4, -0.2) is 31.4 Å². The third-order valence-corrected chi connectivity index (χ3v) is 2.15. The van der Waals surface area contributed by atoms with Crippen LogP contribution >= 0.6 is 0 Å². The van der Waals surface area contributed by atoms with Gasteiger partial charge in [-0.1, -0.05) is 30.3 Å². The average Bonchev–Trinajstić information content (AvgIpc) is 2.37. The van der Waals surface area contributed by atoms with E-state index >= 15 is 0 Å². The van der Waals surface area contributed by atoms with Crippen molar-refractivity contribution < 1.29 is 15.7 Å². The zero-order valence-electron chi connectivity index (χ0n) is 10.8. The number of nitrogens with one attached hydrogen (secondary N) is 1. The van der Waals surface area contributed by atoms with Gasteiger partial charge in [-0.25, -0.2) is 0 Å². The lowest BCUT2D eigenvalue weighted by atomic mass is 10.1. The van der Waals surface area contributed by atoms with Crippen LogP contribution in [0, 0.1) is 0 Å². The van der Waals surface area contributed by atoms with E-state index in [0.717, 1.165) is 10.9 Å². The molecule has 0 unspecified atom stereocenters. The van der Waals surface area contributed by atoms with E-state index < -0.39 is 12.0 Å². The predicted octanol–water partition coefficient (Wildman–Crippen LogP) is 0.860.